The van der Waals surface area contributed by atoms with Crippen molar-refractivity contribution in [2.24, 2.45) is 0 Å². The summed E-state index contributed by atoms with van der Waals surface area (Å²) in [5.74, 6) is 0.593. The van der Waals surface area contributed by atoms with Crippen molar-refractivity contribution < 1.29 is 8.83 Å². The average Bonchev–Trinajstić information content (AvgIpc) is 3.78. The van der Waals surface area contributed by atoms with E-state index in [9.17, 15) is 0 Å². The average molecular weight is 578 g/mol. The molecule has 4 aromatic heterocycles. The van der Waals surface area contributed by atoms with E-state index in [1.54, 1.807) is 0 Å². The Balaban J connectivity index is 1.39. The molecule has 0 aliphatic carbocycles. The summed E-state index contributed by atoms with van der Waals surface area (Å²) in [6.45, 7) is 0. The summed E-state index contributed by atoms with van der Waals surface area (Å²) < 4.78 is 15.3. The summed E-state index contributed by atoms with van der Waals surface area (Å²) in [5.41, 5.74) is 8.77. The zero-order valence-electron chi connectivity index (χ0n) is 23.9. The standard InChI is InChI=1S/C40H23N3O2/c1-2-12-24(13-3-1)43-32-21-7-4-16-29(32)35-36(30-19-10-17-27-25-14-5-8-22-33(25)44-37(27)30)41-39(42-40(35)43)31-20-11-18-28-26-15-6-9-23-34(26)45-38(28)31/h1-23H. The Morgan fingerprint density at radius 1 is 0.444 bits per heavy atom. The fourth-order valence-corrected chi connectivity index (χ4v) is 6.86. The third-order valence-corrected chi connectivity index (χ3v) is 8.83. The predicted octanol–water partition coefficient (Wildman–Crippen LogP) is 10.7. The monoisotopic (exact) mass is 577 g/mol. The largest absolute Gasteiger partial charge is 0.455 e. The molecule has 5 nitrogen and oxygen atoms in total. The van der Waals surface area contributed by atoms with Crippen LogP contribution in [-0.2, 0) is 0 Å². The number of rotatable bonds is 3. The van der Waals surface area contributed by atoms with Crippen molar-refractivity contribution in [1.29, 1.82) is 0 Å². The van der Waals surface area contributed by atoms with Crippen LogP contribution in [0.5, 0.6) is 0 Å². The van der Waals surface area contributed by atoms with Crippen LogP contribution in [0.2, 0.25) is 0 Å². The van der Waals surface area contributed by atoms with Gasteiger partial charge < -0.3 is 8.83 Å². The van der Waals surface area contributed by atoms with E-state index in [2.05, 4.69) is 95.6 Å². The van der Waals surface area contributed by atoms with Crippen LogP contribution in [-0.4, -0.2) is 14.5 Å². The Morgan fingerprint density at radius 3 is 1.71 bits per heavy atom. The molecule has 0 fully saturated rings. The topological polar surface area (TPSA) is 57.0 Å². The van der Waals surface area contributed by atoms with E-state index >= 15 is 0 Å². The molecule has 0 aliphatic heterocycles. The van der Waals surface area contributed by atoms with Crippen LogP contribution in [0.4, 0.5) is 0 Å². The van der Waals surface area contributed by atoms with Crippen LogP contribution in [0.25, 0.3) is 94.1 Å². The highest BCUT2D eigenvalue weighted by molar-refractivity contribution is 6.18. The molecule has 6 aromatic carbocycles. The number of hydrogen-bond acceptors (Lipinski definition) is 4. The van der Waals surface area contributed by atoms with Gasteiger partial charge in [0.2, 0.25) is 0 Å². The molecule has 45 heavy (non-hydrogen) atoms. The lowest BCUT2D eigenvalue weighted by Crippen LogP contribution is -1.99. The van der Waals surface area contributed by atoms with Crippen LogP contribution in [0.3, 0.4) is 0 Å². The van der Waals surface area contributed by atoms with E-state index in [-0.39, 0.29) is 0 Å². The van der Waals surface area contributed by atoms with E-state index in [1.165, 1.54) is 0 Å². The second-order valence-corrected chi connectivity index (χ2v) is 11.3. The maximum absolute atomic E-state index is 6.56. The van der Waals surface area contributed by atoms with Crippen molar-refractivity contribution in [3.05, 3.63) is 140 Å². The Labute approximate surface area is 256 Å². The number of furan rings is 2. The van der Waals surface area contributed by atoms with Crippen LogP contribution >= 0.6 is 0 Å². The molecule has 0 amide bonds. The van der Waals surface area contributed by atoms with Crippen LogP contribution < -0.4 is 0 Å². The molecule has 0 spiro atoms. The minimum absolute atomic E-state index is 0.593. The molecule has 210 valence electrons. The lowest BCUT2D eigenvalue weighted by atomic mass is 10.0. The molecule has 0 unspecified atom stereocenters. The van der Waals surface area contributed by atoms with Gasteiger partial charge in [-0.25, -0.2) is 9.97 Å². The maximum atomic E-state index is 6.56. The van der Waals surface area contributed by atoms with Gasteiger partial charge in [-0.15, -0.1) is 0 Å². The second kappa shape index (κ2) is 9.15. The minimum atomic E-state index is 0.593. The van der Waals surface area contributed by atoms with Crippen molar-refractivity contribution in [2.75, 3.05) is 0 Å². The molecule has 0 N–H and O–H groups in total. The summed E-state index contributed by atoms with van der Waals surface area (Å²) in [6, 6.07) is 47.7. The Bertz CT molecular complexity index is 2770. The normalized spacial score (nSPS) is 12.0. The molecule has 0 atom stereocenters. The molecule has 0 saturated heterocycles. The number of aromatic nitrogens is 3. The molecular formula is C40H23N3O2. The van der Waals surface area contributed by atoms with E-state index in [0.717, 1.165) is 88.3 Å². The SMILES string of the molecule is c1ccc(-n2c3ccccc3c3c(-c4cccc5c4oc4ccccc45)nc(-c4cccc5c4oc4ccccc45)nc32)cc1. The highest BCUT2D eigenvalue weighted by Gasteiger charge is 2.24. The first kappa shape index (κ1) is 24.3. The highest BCUT2D eigenvalue weighted by atomic mass is 16.3. The Kier molecular flexibility index (Phi) is 4.93. The molecule has 0 bridgehead atoms. The van der Waals surface area contributed by atoms with Gasteiger partial charge in [0.05, 0.1) is 22.2 Å². The first-order valence-electron chi connectivity index (χ1n) is 15.0. The fraction of sp³-hybridized carbons (Fsp3) is 0. The molecule has 0 saturated carbocycles. The third-order valence-electron chi connectivity index (χ3n) is 8.83. The Morgan fingerprint density at radius 2 is 1.00 bits per heavy atom. The molecule has 10 aromatic rings. The zero-order valence-corrected chi connectivity index (χ0v) is 23.9. The number of benzene rings is 6. The van der Waals surface area contributed by atoms with E-state index < -0.39 is 0 Å². The van der Waals surface area contributed by atoms with E-state index in [1.807, 2.05) is 48.5 Å². The first-order valence-corrected chi connectivity index (χ1v) is 15.0. The predicted molar refractivity (Wildman–Crippen MR) is 182 cm³/mol. The van der Waals surface area contributed by atoms with Gasteiger partial charge in [0.15, 0.2) is 5.82 Å². The Hall–Kier alpha value is -6.20. The van der Waals surface area contributed by atoms with Crippen molar-refractivity contribution in [3.63, 3.8) is 0 Å². The van der Waals surface area contributed by atoms with Gasteiger partial charge in [0, 0.05) is 38.2 Å². The minimum Gasteiger partial charge on any atom is -0.455 e. The van der Waals surface area contributed by atoms with Gasteiger partial charge in [-0.1, -0.05) is 97.1 Å². The molecule has 0 aliphatic rings. The van der Waals surface area contributed by atoms with Gasteiger partial charge in [-0.3, -0.25) is 4.57 Å². The summed E-state index contributed by atoms with van der Waals surface area (Å²) >= 11 is 0. The number of fused-ring (bicyclic) bond motifs is 9. The van der Waals surface area contributed by atoms with E-state index in [4.69, 9.17) is 18.8 Å². The number of nitrogens with zero attached hydrogens (tertiary/aromatic N) is 3. The summed E-state index contributed by atoms with van der Waals surface area (Å²) in [4.78, 5) is 10.7. The molecular weight excluding hydrogens is 554 g/mol. The van der Waals surface area contributed by atoms with Crippen molar-refractivity contribution in [3.8, 4) is 28.3 Å². The van der Waals surface area contributed by atoms with Crippen LogP contribution in [0.1, 0.15) is 0 Å². The molecule has 0 radical (unpaired) electrons. The number of para-hydroxylation sites is 6. The van der Waals surface area contributed by atoms with Crippen LogP contribution in [0, 0.1) is 0 Å². The fourth-order valence-electron chi connectivity index (χ4n) is 6.86. The number of hydrogen-bond donors (Lipinski definition) is 0. The molecule has 4 heterocycles. The lowest BCUT2D eigenvalue weighted by Gasteiger charge is -2.11. The maximum Gasteiger partial charge on any atom is 0.165 e. The first-order chi connectivity index (χ1) is 22.3. The van der Waals surface area contributed by atoms with Gasteiger partial charge in [-0.05, 0) is 42.5 Å². The molecule has 10 rings (SSSR count). The van der Waals surface area contributed by atoms with Crippen molar-refractivity contribution >= 4 is 65.8 Å². The molecule has 5 heteroatoms. The van der Waals surface area contributed by atoms with Gasteiger partial charge in [-0.2, -0.15) is 0 Å². The smallest absolute Gasteiger partial charge is 0.165 e. The van der Waals surface area contributed by atoms with Crippen molar-refractivity contribution in [2.45, 2.75) is 0 Å². The van der Waals surface area contributed by atoms with Crippen LogP contribution in [0.15, 0.2) is 148 Å². The van der Waals surface area contributed by atoms with Gasteiger partial charge in [0.1, 0.15) is 28.0 Å². The summed E-state index contributed by atoms with van der Waals surface area (Å²) in [6.07, 6.45) is 0. The summed E-state index contributed by atoms with van der Waals surface area (Å²) in [5, 5.41) is 6.30. The summed E-state index contributed by atoms with van der Waals surface area (Å²) in [7, 11) is 0. The highest BCUT2D eigenvalue weighted by Crippen LogP contribution is 2.43. The lowest BCUT2D eigenvalue weighted by molar-refractivity contribution is 0.669. The quantitative estimate of drug-likeness (QED) is 0.210. The van der Waals surface area contributed by atoms with E-state index in [0.29, 0.717) is 5.82 Å². The third kappa shape index (κ3) is 3.43. The zero-order chi connectivity index (χ0) is 29.5. The second-order valence-electron chi connectivity index (χ2n) is 11.3. The van der Waals surface area contributed by atoms with Crippen molar-refractivity contribution in [1.82, 2.24) is 14.5 Å². The van der Waals surface area contributed by atoms with Gasteiger partial charge in [0.25, 0.3) is 0 Å². The van der Waals surface area contributed by atoms with Gasteiger partial charge >= 0.3 is 0 Å².